The summed E-state index contributed by atoms with van der Waals surface area (Å²) in [6.45, 7) is 1.78. The first kappa shape index (κ1) is 22.3. The number of benzene rings is 2. The van der Waals surface area contributed by atoms with Crippen LogP contribution in [0.5, 0.6) is 5.75 Å². The molecule has 0 spiro atoms. The van der Waals surface area contributed by atoms with Gasteiger partial charge in [0.15, 0.2) is 6.61 Å². The largest absolute Gasteiger partial charge is 0.482 e. The second-order valence-corrected chi connectivity index (χ2v) is 7.09. The van der Waals surface area contributed by atoms with Crippen LogP contribution in [0.4, 0.5) is 0 Å². The van der Waals surface area contributed by atoms with Crippen LogP contribution >= 0.6 is 0 Å². The number of hydrogen-bond donors (Lipinski definition) is 2. The SMILES string of the molecule is [3H]CCOC(=O)COc1cccc(C[C@@H](C#N)NC(=O)[C@H](Cc2cccc(C)c2)NC)c1. The van der Waals surface area contributed by atoms with Gasteiger partial charge in [-0.3, -0.25) is 4.79 Å². The number of likely N-dealkylation sites (N-methyl/N-ethyl adjacent to an activating group) is 1. The number of carbonyl (C=O) groups excluding carboxylic acids is 2. The number of nitriles is 1. The topological polar surface area (TPSA) is 100 Å². The number of nitrogens with zero attached hydrogens (tertiary/aromatic N) is 1. The Morgan fingerprint density at radius 1 is 1.16 bits per heavy atom. The van der Waals surface area contributed by atoms with E-state index < -0.39 is 18.1 Å². The standard InChI is InChI=1S/C24H29N3O4/c1-4-30-23(28)16-31-21-10-6-9-19(13-21)12-20(15-25)27-24(29)22(26-3)14-18-8-5-7-17(2)11-18/h5-11,13,20,22,26H,4,12,14,16H2,1-3H3,(H,27,29)/t20-,22-/m0/s1/i1T. The number of carbonyl (C=O) groups is 2. The Labute approximate surface area is 184 Å². The molecule has 0 saturated heterocycles. The summed E-state index contributed by atoms with van der Waals surface area (Å²) in [6, 6.07) is 15.9. The molecule has 2 rings (SSSR count). The van der Waals surface area contributed by atoms with E-state index in [0.717, 1.165) is 16.7 Å². The van der Waals surface area contributed by atoms with Crippen LogP contribution in [0.15, 0.2) is 48.5 Å². The van der Waals surface area contributed by atoms with E-state index in [1.165, 1.54) is 0 Å². The van der Waals surface area contributed by atoms with Crippen molar-refractivity contribution in [2.75, 3.05) is 20.3 Å². The summed E-state index contributed by atoms with van der Waals surface area (Å²) in [7, 11) is 1.72. The highest BCUT2D eigenvalue weighted by Gasteiger charge is 2.21. The molecule has 0 heterocycles. The molecule has 164 valence electrons. The Hall–Kier alpha value is -3.37. The molecule has 7 heteroatoms. The average molecular weight is 426 g/mol. The van der Waals surface area contributed by atoms with E-state index in [0.29, 0.717) is 18.6 Å². The van der Waals surface area contributed by atoms with Gasteiger partial charge in [0, 0.05) is 7.79 Å². The first-order valence-electron chi connectivity index (χ1n) is 10.7. The number of esters is 1. The second kappa shape index (κ2) is 12.4. The maximum Gasteiger partial charge on any atom is 0.344 e. The lowest BCUT2D eigenvalue weighted by Gasteiger charge is -2.19. The number of hydrogen-bond acceptors (Lipinski definition) is 6. The molecule has 0 aliphatic rings. The van der Waals surface area contributed by atoms with Crippen LogP contribution in [0.1, 0.15) is 25.0 Å². The van der Waals surface area contributed by atoms with E-state index in [2.05, 4.69) is 16.7 Å². The van der Waals surface area contributed by atoms with Gasteiger partial charge in [-0.25, -0.2) is 4.79 Å². The summed E-state index contributed by atoms with van der Waals surface area (Å²) in [5, 5.41) is 15.4. The minimum atomic E-state index is -0.715. The lowest BCUT2D eigenvalue weighted by atomic mass is 10.0. The normalized spacial score (nSPS) is 12.7. The van der Waals surface area contributed by atoms with E-state index in [1.54, 1.807) is 25.2 Å². The fraction of sp³-hybridized carbons (Fsp3) is 0.375. The summed E-state index contributed by atoms with van der Waals surface area (Å²) in [6.07, 6.45) is 0.811. The van der Waals surface area contributed by atoms with E-state index in [4.69, 9.17) is 10.8 Å². The predicted octanol–water partition coefficient (Wildman–Crippen LogP) is 2.32. The number of nitrogens with one attached hydrogen (secondary N) is 2. The van der Waals surface area contributed by atoms with Gasteiger partial charge in [0.1, 0.15) is 11.8 Å². The van der Waals surface area contributed by atoms with Crippen molar-refractivity contribution in [3.63, 3.8) is 0 Å². The molecule has 0 aromatic heterocycles. The number of aryl methyl sites for hydroxylation is 1. The monoisotopic (exact) mass is 425 g/mol. The molecule has 7 nitrogen and oxygen atoms in total. The molecule has 0 saturated carbocycles. The lowest BCUT2D eigenvalue weighted by Crippen LogP contribution is -2.48. The predicted molar refractivity (Wildman–Crippen MR) is 118 cm³/mol. The Kier molecular flexibility index (Phi) is 8.89. The van der Waals surface area contributed by atoms with Crippen molar-refractivity contribution in [3.8, 4) is 11.8 Å². The first-order valence-corrected chi connectivity index (χ1v) is 10.0. The van der Waals surface area contributed by atoms with Gasteiger partial charge in [-0.15, -0.1) is 0 Å². The Bertz CT molecular complexity index is 945. The van der Waals surface area contributed by atoms with Gasteiger partial charge < -0.3 is 20.1 Å². The molecule has 2 aromatic carbocycles. The minimum Gasteiger partial charge on any atom is -0.482 e. The number of ether oxygens (including phenoxy) is 2. The fourth-order valence-corrected chi connectivity index (χ4v) is 3.10. The molecular weight excluding hydrogens is 394 g/mol. The third-order valence-electron chi connectivity index (χ3n) is 4.62. The van der Waals surface area contributed by atoms with E-state index >= 15 is 0 Å². The average Bonchev–Trinajstić information content (AvgIpc) is 2.79. The molecular formula is C24H29N3O4. The molecule has 0 aliphatic heterocycles. The molecule has 2 N–H and O–H groups in total. The maximum atomic E-state index is 12.7. The Morgan fingerprint density at radius 3 is 2.58 bits per heavy atom. The van der Waals surface area contributed by atoms with Gasteiger partial charge in [-0.2, -0.15) is 5.26 Å². The van der Waals surface area contributed by atoms with Crippen molar-refractivity contribution in [1.82, 2.24) is 10.6 Å². The molecule has 2 aromatic rings. The molecule has 0 unspecified atom stereocenters. The molecule has 1 amide bonds. The van der Waals surface area contributed by atoms with Crippen molar-refractivity contribution < 1.29 is 20.4 Å². The lowest BCUT2D eigenvalue weighted by molar-refractivity contribution is -0.145. The van der Waals surface area contributed by atoms with Gasteiger partial charge in [0.25, 0.3) is 0 Å². The van der Waals surface area contributed by atoms with E-state index in [-0.39, 0.29) is 26.0 Å². The fourth-order valence-electron chi connectivity index (χ4n) is 3.10. The van der Waals surface area contributed by atoms with Crippen molar-refractivity contribution in [3.05, 3.63) is 65.2 Å². The van der Waals surface area contributed by atoms with Crippen molar-refractivity contribution in [2.45, 2.75) is 38.7 Å². The van der Waals surface area contributed by atoms with Gasteiger partial charge in [0.2, 0.25) is 5.91 Å². The third kappa shape index (κ3) is 8.11. The minimum absolute atomic E-state index is 0.00188. The smallest absolute Gasteiger partial charge is 0.344 e. The zero-order valence-electron chi connectivity index (χ0n) is 18.9. The zero-order chi connectivity index (χ0) is 23.3. The summed E-state index contributed by atoms with van der Waals surface area (Å²) >= 11 is 0. The summed E-state index contributed by atoms with van der Waals surface area (Å²) in [5.74, 6) is -0.331. The van der Waals surface area contributed by atoms with E-state index in [9.17, 15) is 14.9 Å². The van der Waals surface area contributed by atoms with Crippen molar-refractivity contribution in [2.24, 2.45) is 0 Å². The van der Waals surface area contributed by atoms with Crippen molar-refractivity contribution >= 4 is 11.9 Å². The molecule has 0 aliphatic carbocycles. The summed E-state index contributed by atoms with van der Waals surface area (Å²) in [4.78, 5) is 24.3. The van der Waals surface area contributed by atoms with Crippen LogP contribution in [0.25, 0.3) is 0 Å². The highest BCUT2D eigenvalue weighted by molar-refractivity contribution is 5.82. The van der Waals surface area contributed by atoms with Gasteiger partial charge in [0.05, 0.1) is 18.7 Å². The van der Waals surface area contributed by atoms with Crippen LogP contribution in [0.2, 0.25) is 0 Å². The van der Waals surface area contributed by atoms with Gasteiger partial charge >= 0.3 is 5.97 Å². The molecule has 0 bridgehead atoms. The van der Waals surface area contributed by atoms with Crippen LogP contribution < -0.4 is 15.4 Å². The number of rotatable bonds is 11. The summed E-state index contributed by atoms with van der Waals surface area (Å²) in [5.41, 5.74) is 2.95. The molecule has 2 atom stereocenters. The highest BCUT2D eigenvalue weighted by Crippen LogP contribution is 2.15. The Balaban J connectivity index is 1.94. The Morgan fingerprint density at radius 2 is 1.90 bits per heavy atom. The molecule has 0 radical (unpaired) electrons. The second-order valence-electron chi connectivity index (χ2n) is 7.09. The first-order chi connectivity index (χ1) is 15.4. The highest BCUT2D eigenvalue weighted by atomic mass is 16.6. The number of amides is 1. The third-order valence-corrected chi connectivity index (χ3v) is 4.62. The zero-order valence-corrected chi connectivity index (χ0v) is 17.9. The van der Waals surface area contributed by atoms with Gasteiger partial charge in [-0.05, 0) is 50.6 Å². The quantitative estimate of drug-likeness (QED) is 0.536. The van der Waals surface area contributed by atoms with Crippen LogP contribution in [-0.2, 0) is 27.2 Å². The van der Waals surface area contributed by atoms with Crippen molar-refractivity contribution in [1.29, 1.82) is 5.26 Å². The molecule has 31 heavy (non-hydrogen) atoms. The van der Waals surface area contributed by atoms with Crippen LogP contribution in [0, 0.1) is 18.3 Å². The van der Waals surface area contributed by atoms with Crippen LogP contribution in [0.3, 0.4) is 0 Å². The van der Waals surface area contributed by atoms with E-state index in [1.807, 2.05) is 37.3 Å². The molecule has 0 fully saturated rings. The maximum absolute atomic E-state index is 12.7. The summed E-state index contributed by atoms with van der Waals surface area (Å²) < 4.78 is 17.2. The van der Waals surface area contributed by atoms with Crippen LogP contribution in [-0.4, -0.2) is 44.2 Å². The van der Waals surface area contributed by atoms with Gasteiger partial charge in [-0.1, -0.05) is 42.0 Å².